The molecule has 0 aliphatic carbocycles. The van der Waals surface area contributed by atoms with Gasteiger partial charge in [0.25, 0.3) is 0 Å². The van der Waals surface area contributed by atoms with Gasteiger partial charge in [0.05, 0.1) is 10.7 Å². The van der Waals surface area contributed by atoms with Gasteiger partial charge in [-0.2, -0.15) is 4.73 Å². The lowest BCUT2D eigenvalue weighted by Crippen LogP contribution is -2.34. The number of fused-ring (bicyclic) bond motifs is 1. The highest BCUT2D eigenvalue weighted by Gasteiger charge is 2.17. The summed E-state index contributed by atoms with van der Waals surface area (Å²) in [7, 11) is 0. The third-order valence-electron chi connectivity index (χ3n) is 2.24. The number of hydrogen-bond donors (Lipinski definition) is 0. The first-order chi connectivity index (χ1) is 7.67. The Morgan fingerprint density at radius 1 is 1.25 bits per heavy atom. The first-order valence-corrected chi connectivity index (χ1v) is 7.53. The summed E-state index contributed by atoms with van der Waals surface area (Å²) in [6.45, 7) is 0. The number of benzene rings is 1. The summed E-state index contributed by atoms with van der Waals surface area (Å²) in [4.78, 5) is 4.45. The van der Waals surface area contributed by atoms with E-state index in [0.717, 1.165) is 14.9 Å². The van der Waals surface area contributed by atoms with Crippen LogP contribution in [0.5, 0.6) is 0 Å². The molecule has 0 atom stereocenters. The average Bonchev–Trinajstić information content (AvgIpc) is 2.29. The Hall–Kier alpha value is -0.200. The fourth-order valence-corrected chi connectivity index (χ4v) is 2.81. The third kappa shape index (κ3) is 2.10. The normalized spacial score (nSPS) is 10.9. The van der Waals surface area contributed by atoms with Gasteiger partial charge in [-0.05, 0) is 12.1 Å². The van der Waals surface area contributed by atoms with Crippen LogP contribution in [0.1, 0.15) is 11.4 Å². The zero-order valence-electron chi connectivity index (χ0n) is 8.08. The van der Waals surface area contributed by atoms with Crippen molar-refractivity contribution in [1.29, 1.82) is 0 Å². The lowest BCUT2D eigenvalue weighted by Gasteiger charge is -2.08. The van der Waals surface area contributed by atoms with Crippen LogP contribution in [0, 0.1) is 5.21 Å². The molecule has 0 aliphatic rings. The molecule has 2 aromatic rings. The van der Waals surface area contributed by atoms with Gasteiger partial charge in [-0.15, -0.1) is 0 Å². The van der Waals surface area contributed by atoms with Crippen LogP contribution in [-0.2, 0) is 10.7 Å². The molecular formula is C10H7Br3N2O. The lowest BCUT2D eigenvalue weighted by atomic mass is 10.2. The second-order valence-corrected chi connectivity index (χ2v) is 5.24. The third-order valence-corrected chi connectivity index (χ3v) is 3.80. The van der Waals surface area contributed by atoms with Crippen LogP contribution < -0.4 is 4.73 Å². The molecule has 1 aromatic carbocycles. The Bertz CT molecular complexity index is 545. The first kappa shape index (κ1) is 12.3. The van der Waals surface area contributed by atoms with E-state index < -0.39 is 0 Å². The Balaban J connectivity index is 2.82. The molecule has 1 heterocycles. The molecular weight excluding hydrogens is 404 g/mol. The van der Waals surface area contributed by atoms with Gasteiger partial charge in [-0.25, -0.2) is 4.98 Å². The smallest absolute Gasteiger partial charge is 0.243 e. The highest BCUT2D eigenvalue weighted by Crippen LogP contribution is 2.19. The molecule has 0 saturated heterocycles. The lowest BCUT2D eigenvalue weighted by molar-refractivity contribution is -0.585. The Labute approximate surface area is 118 Å². The molecule has 2 rings (SSSR count). The molecule has 0 saturated carbocycles. The second kappa shape index (κ2) is 4.98. The van der Waals surface area contributed by atoms with E-state index in [2.05, 4.69) is 52.8 Å². The minimum atomic E-state index is 0.493. The minimum Gasteiger partial charge on any atom is -0.618 e. The van der Waals surface area contributed by atoms with Crippen molar-refractivity contribution < 1.29 is 4.73 Å². The summed E-state index contributed by atoms with van der Waals surface area (Å²) in [5.74, 6) is 0. The van der Waals surface area contributed by atoms with Gasteiger partial charge in [-0.1, -0.05) is 47.8 Å². The molecule has 6 heteroatoms. The summed E-state index contributed by atoms with van der Waals surface area (Å²) in [6, 6.07) is 5.48. The maximum Gasteiger partial charge on any atom is 0.243 e. The SMILES string of the molecule is [O-][n+]1c(CBr)c(CBr)nc2ccc(Br)cc21. The fourth-order valence-electron chi connectivity index (χ4n) is 1.46. The summed E-state index contributed by atoms with van der Waals surface area (Å²) >= 11 is 10.00. The highest BCUT2D eigenvalue weighted by molar-refractivity contribution is 9.10. The molecule has 1 aromatic heterocycles. The van der Waals surface area contributed by atoms with Crippen LogP contribution in [0.4, 0.5) is 0 Å². The Morgan fingerprint density at radius 2 is 2.00 bits per heavy atom. The van der Waals surface area contributed by atoms with E-state index in [0.29, 0.717) is 27.4 Å². The molecule has 0 aliphatic heterocycles. The maximum absolute atomic E-state index is 12.1. The summed E-state index contributed by atoms with van der Waals surface area (Å²) < 4.78 is 1.80. The van der Waals surface area contributed by atoms with E-state index in [1.807, 2.05) is 12.1 Å². The van der Waals surface area contributed by atoms with Crippen LogP contribution >= 0.6 is 47.8 Å². The zero-order valence-corrected chi connectivity index (χ0v) is 12.8. The fraction of sp³-hybridized carbons (Fsp3) is 0.200. The minimum absolute atomic E-state index is 0.493. The van der Waals surface area contributed by atoms with Crippen molar-refractivity contribution in [2.75, 3.05) is 0 Å². The maximum atomic E-state index is 12.1. The summed E-state index contributed by atoms with van der Waals surface area (Å²) in [5, 5.41) is 13.2. The number of rotatable bonds is 2. The van der Waals surface area contributed by atoms with Crippen LogP contribution in [0.3, 0.4) is 0 Å². The number of halogens is 3. The van der Waals surface area contributed by atoms with Crippen molar-refractivity contribution in [3.05, 3.63) is 39.3 Å². The van der Waals surface area contributed by atoms with Gasteiger partial charge < -0.3 is 5.21 Å². The van der Waals surface area contributed by atoms with E-state index in [9.17, 15) is 5.21 Å². The molecule has 0 N–H and O–H groups in total. The second-order valence-electron chi connectivity index (χ2n) is 3.20. The Kier molecular flexibility index (Phi) is 3.81. The van der Waals surface area contributed by atoms with Gasteiger partial charge in [0, 0.05) is 10.5 Å². The van der Waals surface area contributed by atoms with Gasteiger partial charge in [0.15, 0.2) is 0 Å². The van der Waals surface area contributed by atoms with Crippen molar-refractivity contribution in [1.82, 2.24) is 4.98 Å². The monoisotopic (exact) mass is 408 g/mol. The van der Waals surface area contributed by atoms with Gasteiger partial charge in [-0.3, -0.25) is 0 Å². The molecule has 0 radical (unpaired) electrons. The molecule has 0 bridgehead atoms. The quantitative estimate of drug-likeness (QED) is 0.432. The molecule has 0 amide bonds. The van der Waals surface area contributed by atoms with Gasteiger partial charge >= 0.3 is 0 Å². The molecule has 0 spiro atoms. The van der Waals surface area contributed by atoms with Gasteiger partial charge in [0.1, 0.15) is 11.2 Å². The first-order valence-electron chi connectivity index (χ1n) is 4.50. The topological polar surface area (TPSA) is 39.8 Å². The predicted octanol–water partition coefficient (Wildman–Crippen LogP) is 3.42. The number of alkyl halides is 2. The molecule has 16 heavy (non-hydrogen) atoms. The number of nitrogens with zero attached hydrogens (tertiary/aromatic N) is 2. The van der Waals surface area contributed by atoms with Crippen LogP contribution in [0.25, 0.3) is 11.0 Å². The van der Waals surface area contributed by atoms with Crippen LogP contribution in [0.2, 0.25) is 0 Å². The van der Waals surface area contributed by atoms with Crippen molar-refractivity contribution >= 4 is 58.8 Å². The standard InChI is InChI=1S/C10H7Br3N2O/c11-4-8-10(5-12)15(16)9-3-6(13)1-2-7(9)14-8/h1-3H,4-5H2. The van der Waals surface area contributed by atoms with Crippen molar-refractivity contribution in [3.8, 4) is 0 Å². The molecule has 3 nitrogen and oxygen atoms in total. The predicted molar refractivity (Wildman–Crippen MR) is 73.7 cm³/mol. The average molecular weight is 411 g/mol. The van der Waals surface area contributed by atoms with Crippen LogP contribution in [-0.4, -0.2) is 4.98 Å². The highest BCUT2D eigenvalue weighted by atomic mass is 79.9. The van der Waals surface area contributed by atoms with E-state index in [1.54, 1.807) is 6.07 Å². The van der Waals surface area contributed by atoms with E-state index in [-0.39, 0.29) is 0 Å². The molecule has 0 fully saturated rings. The van der Waals surface area contributed by atoms with Crippen LogP contribution in [0.15, 0.2) is 22.7 Å². The largest absolute Gasteiger partial charge is 0.618 e. The molecule has 84 valence electrons. The van der Waals surface area contributed by atoms with E-state index in [4.69, 9.17) is 0 Å². The number of aromatic nitrogens is 2. The van der Waals surface area contributed by atoms with E-state index >= 15 is 0 Å². The van der Waals surface area contributed by atoms with Crippen molar-refractivity contribution in [3.63, 3.8) is 0 Å². The van der Waals surface area contributed by atoms with Crippen molar-refractivity contribution in [2.24, 2.45) is 0 Å². The molecule has 0 unspecified atom stereocenters. The summed E-state index contributed by atoms with van der Waals surface area (Å²) in [6.07, 6.45) is 0. The van der Waals surface area contributed by atoms with Crippen molar-refractivity contribution in [2.45, 2.75) is 10.7 Å². The van der Waals surface area contributed by atoms with E-state index in [1.165, 1.54) is 0 Å². The van der Waals surface area contributed by atoms with Gasteiger partial charge in [0.2, 0.25) is 11.2 Å². The Morgan fingerprint density at radius 3 is 2.62 bits per heavy atom. The zero-order chi connectivity index (χ0) is 11.7. The number of hydrogen-bond acceptors (Lipinski definition) is 2. The summed E-state index contributed by atoms with van der Waals surface area (Å²) in [5.41, 5.74) is 2.69.